The van der Waals surface area contributed by atoms with E-state index < -0.39 is 0 Å². The Kier molecular flexibility index (Phi) is 4.97. The molecule has 0 atom stereocenters. The summed E-state index contributed by atoms with van der Waals surface area (Å²) < 4.78 is 1.06. The van der Waals surface area contributed by atoms with Gasteiger partial charge in [-0.15, -0.1) is 0 Å². The molecule has 0 amide bonds. The number of aromatic nitrogens is 2. The molecule has 0 saturated carbocycles. The second-order valence-electron chi connectivity index (χ2n) is 8.07. The van der Waals surface area contributed by atoms with Crippen molar-refractivity contribution in [2.45, 2.75) is 0 Å². The number of hydrogen-bond acceptors (Lipinski definition) is 2. The summed E-state index contributed by atoms with van der Waals surface area (Å²) in [4.78, 5) is 9.56. The van der Waals surface area contributed by atoms with Crippen LogP contribution in [0.4, 0.5) is 0 Å². The first-order valence-electron chi connectivity index (χ1n) is 10.9. The topological polar surface area (TPSA) is 25.8 Å². The van der Waals surface area contributed by atoms with Crippen molar-refractivity contribution in [3.05, 3.63) is 120 Å². The number of benzene rings is 4. The molecule has 0 bridgehead atoms. The fraction of sp³-hybridized carbons (Fsp3) is 0. The van der Waals surface area contributed by atoms with Crippen LogP contribution in [0.1, 0.15) is 0 Å². The van der Waals surface area contributed by atoms with Gasteiger partial charge in [-0.05, 0) is 75.1 Å². The molecule has 0 aliphatic rings. The summed E-state index contributed by atoms with van der Waals surface area (Å²) in [7, 11) is 0. The molecular weight excluding hydrogens is 468 g/mol. The summed E-state index contributed by atoms with van der Waals surface area (Å²) in [6, 6.07) is 38.1. The van der Waals surface area contributed by atoms with Gasteiger partial charge in [-0.2, -0.15) is 0 Å². The average molecular weight is 487 g/mol. The minimum atomic E-state index is 0.865. The van der Waals surface area contributed by atoms with Crippen molar-refractivity contribution in [1.29, 1.82) is 0 Å². The Balaban J connectivity index is 1.55. The lowest BCUT2D eigenvalue weighted by molar-refractivity contribution is 1.25. The monoisotopic (exact) mass is 486 g/mol. The summed E-state index contributed by atoms with van der Waals surface area (Å²) in [6.07, 6.45) is 1.81. The zero-order chi connectivity index (χ0) is 22.2. The van der Waals surface area contributed by atoms with Crippen LogP contribution in [0.2, 0.25) is 0 Å². The Hall–Kier alpha value is -3.82. The number of fused-ring (bicyclic) bond motifs is 3. The maximum Gasteiger partial charge on any atom is 0.0899 e. The van der Waals surface area contributed by atoms with Crippen LogP contribution in [0.3, 0.4) is 0 Å². The second kappa shape index (κ2) is 8.27. The molecular formula is C30H19BrN2. The van der Waals surface area contributed by atoms with Gasteiger partial charge in [-0.3, -0.25) is 4.98 Å². The van der Waals surface area contributed by atoms with Gasteiger partial charge in [0.05, 0.1) is 17.1 Å². The van der Waals surface area contributed by atoms with E-state index in [1.807, 2.05) is 24.4 Å². The molecule has 0 fully saturated rings. The minimum Gasteiger partial charge on any atom is -0.255 e. The molecule has 2 heterocycles. The van der Waals surface area contributed by atoms with E-state index >= 15 is 0 Å². The highest BCUT2D eigenvalue weighted by Gasteiger charge is 2.11. The molecule has 0 N–H and O–H groups in total. The first kappa shape index (κ1) is 19.8. The largest absolute Gasteiger partial charge is 0.255 e. The molecule has 3 heteroatoms. The number of hydrogen-bond donors (Lipinski definition) is 0. The van der Waals surface area contributed by atoms with Crippen molar-refractivity contribution in [1.82, 2.24) is 9.97 Å². The van der Waals surface area contributed by atoms with Crippen LogP contribution in [0, 0.1) is 0 Å². The van der Waals surface area contributed by atoms with E-state index in [1.54, 1.807) is 0 Å². The van der Waals surface area contributed by atoms with Gasteiger partial charge in [-0.1, -0.05) is 82.7 Å². The molecule has 0 unspecified atom stereocenters. The van der Waals surface area contributed by atoms with Crippen molar-refractivity contribution in [2.24, 2.45) is 0 Å². The van der Waals surface area contributed by atoms with Crippen LogP contribution < -0.4 is 0 Å². The lowest BCUT2D eigenvalue weighted by Crippen LogP contribution is -1.93. The van der Waals surface area contributed by atoms with E-state index in [-0.39, 0.29) is 0 Å². The lowest BCUT2D eigenvalue weighted by atomic mass is 9.97. The first-order valence-corrected chi connectivity index (χ1v) is 11.7. The van der Waals surface area contributed by atoms with Gasteiger partial charge in [0, 0.05) is 16.2 Å². The summed E-state index contributed by atoms with van der Waals surface area (Å²) in [5.41, 5.74) is 6.02. The van der Waals surface area contributed by atoms with E-state index in [4.69, 9.17) is 4.98 Å². The predicted octanol–water partition coefficient (Wildman–Crippen LogP) is 8.55. The van der Waals surface area contributed by atoms with Crippen LogP contribution in [0.15, 0.2) is 120 Å². The third-order valence-electron chi connectivity index (χ3n) is 5.97. The van der Waals surface area contributed by atoms with E-state index in [2.05, 4.69) is 112 Å². The summed E-state index contributed by atoms with van der Waals surface area (Å²) >= 11 is 3.54. The maximum atomic E-state index is 5.01. The van der Waals surface area contributed by atoms with Crippen LogP contribution in [0.5, 0.6) is 0 Å². The van der Waals surface area contributed by atoms with Crippen molar-refractivity contribution in [2.75, 3.05) is 0 Å². The molecule has 33 heavy (non-hydrogen) atoms. The fourth-order valence-corrected chi connectivity index (χ4v) is 4.57. The van der Waals surface area contributed by atoms with Crippen molar-refractivity contribution in [3.63, 3.8) is 0 Å². The molecule has 4 aromatic carbocycles. The third kappa shape index (κ3) is 3.81. The molecule has 2 aromatic heterocycles. The molecule has 0 radical (unpaired) electrons. The van der Waals surface area contributed by atoms with Crippen molar-refractivity contribution in [3.8, 4) is 33.8 Å². The van der Waals surface area contributed by atoms with Crippen LogP contribution >= 0.6 is 15.9 Å². The third-order valence-corrected chi connectivity index (χ3v) is 6.50. The summed E-state index contributed by atoms with van der Waals surface area (Å²) in [6.45, 7) is 0. The Bertz CT molecular complexity index is 1610. The van der Waals surface area contributed by atoms with Gasteiger partial charge in [0.25, 0.3) is 0 Å². The maximum absolute atomic E-state index is 5.01. The first-order chi connectivity index (χ1) is 16.2. The molecule has 6 rings (SSSR count). The number of rotatable bonds is 3. The molecule has 2 nitrogen and oxygen atoms in total. The van der Waals surface area contributed by atoms with Crippen LogP contribution in [-0.2, 0) is 0 Å². The van der Waals surface area contributed by atoms with Crippen LogP contribution in [-0.4, -0.2) is 9.97 Å². The smallest absolute Gasteiger partial charge is 0.0899 e. The van der Waals surface area contributed by atoms with Gasteiger partial charge in [0.15, 0.2) is 0 Å². The van der Waals surface area contributed by atoms with E-state index in [0.29, 0.717) is 0 Å². The molecule has 0 aliphatic heterocycles. The average Bonchev–Trinajstić information content (AvgIpc) is 2.89. The van der Waals surface area contributed by atoms with Crippen LogP contribution in [0.25, 0.3) is 55.3 Å². The molecule has 0 spiro atoms. The zero-order valence-corrected chi connectivity index (χ0v) is 19.3. The van der Waals surface area contributed by atoms with Crippen molar-refractivity contribution >= 4 is 37.5 Å². The molecule has 156 valence electrons. The van der Waals surface area contributed by atoms with Gasteiger partial charge in [0.1, 0.15) is 0 Å². The van der Waals surface area contributed by atoms with Gasteiger partial charge >= 0.3 is 0 Å². The van der Waals surface area contributed by atoms with Gasteiger partial charge < -0.3 is 0 Å². The Labute approximate surface area is 200 Å². The standard InChI is InChI=1S/C30H19BrN2/c31-25-13-10-20(11-14-25)24-18-29(33-30(19-24)28-7-3-4-16-32-28)23-12-15-27-22(17-23)9-8-21-5-1-2-6-26(21)27/h1-19H. The second-order valence-corrected chi connectivity index (χ2v) is 8.99. The molecule has 0 aliphatic carbocycles. The molecule has 0 saturated heterocycles. The molecule has 6 aromatic rings. The highest BCUT2D eigenvalue weighted by molar-refractivity contribution is 9.10. The SMILES string of the molecule is Brc1ccc(-c2cc(-c3ccc4c(ccc5ccccc54)c3)nc(-c3ccccn3)c2)cc1. The minimum absolute atomic E-state index is 0.865. The Morgan fingerprint density at radius 1 is 0.485 bits per heavy atom. The number of nitrogens with zero attached hydrogens (tertiary/aromatic N) is 2. The van der Waals surface area contributed by atoms with Gasteiger partial charge in [-0.25, -0.2) is 4.98 Å². The Morgan fingerprint density at radius 3 is 2.06 bits per heavy atom. The van der Waals surface area contributed by atoms with E-state index in [1.165, 1.54) is 21.5 Å². The fourth-order valence-electron chi connectivity index (χ4n) is 4.31. The zero-order valence-electron chi connectivity index (χ0n) is 17.7. The highest BCUT2D eigenvalue weighted by atomic mass is 79.9. The number of halogens is 1. The normalized spacial score (nSPS) is 11.2. The summed E-state index contributed by atoms with van der Waals surface area (Å²) in [5.74, 6) is 0. The van der Waals surface area contributed by atoms with Gasteiger partial charge in [0.2, 0.25) is 0 Å². The predicted molar refractivity (Wildman–Crippen MR) is 141 cm³/mol. The summed E-state index contributed by atoms with van der Waals surface area (Å²) in [5, 5.41) is 4.99. The highest BCUT2D eigenvalue weighted by Crippen LogP contribution is 2.33. The van der Waals surface area contributed by atoms with E-state index in [0.717, 1.165) is 38.2 Å². The lowest BCUT2D eigenvalue weighted by Gasteiger charge is -2.11. The van der Waals surface area contributed by atoms with E-state index in [9.17, 15) is 0 Å². The number of pyridine rings is 2. The quantitative estimate of drug-likeness (QED) is 0.234. The Morgan fingerprint density at radius 2 is 1.21 bits per heavy atom. The van der Waals surface area contributed by atoms with Crippen molar-refractivity contribution < 1.29 is 0 Å².